The zero-order valence-electron chi connectivity index (χ0n) is 11.2. The summed E-state index contributed by atoms with van der Waals surface area (Å²) in [7, 11) is 0. The molecule has 0 aliphatic carbocycles. The van der Waals surface area contributed by atoms with E-state index in [1.807, 2.05) is 6.07 Å². The van der Waals surface area contributed by atoms with Gasteiger partial charge in [-0.15, -0.1) is 0 Å². The fraction of sp³-hybridized carbons (Fsp3) is 0.235. The van der Waals surface area contributed by atoms with Crippen molar-refractivity contribution in [2.24, 2.45) is 4.99 Å². The normalized spacial score (nSPS) is 14.6. The second-order valence-corrected chi connectivity index (χ2v) is 4.98. The lowest BCUT2D eigenvalue weighted by atomic mass is 10.1. The van der Waals surface area contributed by atoms with Gasteiger partial charge in [-0.25, -0.2) is 0 Å². The van der Waals surface area contributed by atoms with Gasteiger partial charge in [-0.1, -0.05) is 60.2 Å². The Hall–Kier alpha value is -2.09. The first-order chi connectivity index (χ1) is 9.33. The van der Waals surface area contributed by atoms with E-state index in [4.69, 9.17) is 0 Å². The fourth-order valence-electron chi connectivity index (χ4n) is 2.41. The Morgan fingerprint density at radius 3 is 2.47 bits per heavy atom. The first-order valence-electron chi connectivity index (χ1n) is 6.73. The van der Waals surface area contributed by atoms with Gasteiger partial charge in [-0.3, -0.25) is 4.99 Å². The Bertz CT molecular complexity index is 570. The summed E-state index contributed by atoms with van der Waals surface area (Å²) in [5, 5.41) is 0. The minimum Gasteiger partial charge on any atom is -0.350 e. The van der Waals surface area contributed by atoms with Crippen LogP contribution in [0.4, 0.5) is 0 Å². The van der Waals surface area contributed by atoms with Crippen LogP contribution in [0.15, 0.2) is 59.6 Å². The number of aliphatic imine (C=N–C) groups is 1. The molecule has 0 unspecified atom stereocenters. The number of hydrogen-bond donors (Lipinski definition) is 0. The number of nitrogens with zero attached hydrogens (tertiary/aromatic N) is 2. The fourth-order valence-corrected chi connectivity index (χ4v) is 2.41. The van der Waals surface area contributed by atoms with Crippen molar-refractivity contribution in [3.05, 3.63) is 71.3 Å². The van der Waals surface area contributed by atoms with Gasteiger partial charge in [0.15, 0.2) is 0 Å². The third-order valence-electron chi connectivity index (χ3n) is 3.46. The third-order valence-corrected chi connectivity index (χ3v) is 3.46. The molecule has 2 heteroatoms. The van der Waals surface area contributed by atoms with Crippen LogP contribution in [-0.2, 0) is 6.54 Å². The lowest BCUT2D eigenvalue weighted by Crippen LogP contribution is -2.27. The van der Waals surface area contributed by atoms with Crippen LogP contribution in [-0.4, -0.2) is 23.8 Å². The Labute approximate surface area is 114 Å². The van der Waals surface area contributed by atoms with Crippen molar-refractivity contribution < 1.29 is 0 Å². The summed E-state index contributed by atoms with van der Waals surface area (Å²) in [5.41, 5.74) is 3.87. The molecule has 0 fully saturated rings. The summed E-state index contributed by atoms with van der Waals surface area (Å²) in [6, 6.07) is 19.2. The van der Waals surface area contributed by atoms with Gasteiger partial charge >= 0.3 is 0 Å². The standard InChI is InChI=1S/C17H18N2/c1-14-7-9-15(10-8-14)13-19-12-11-18-17(19)16-5-3-2-4-6-16/h2-10H,11-13H2,1H3. The third kappa shape index (κ3) is 2.68. The van der Waals surface area contributed by atoms with E-state index in [1.165, 1.54) is 16.7 Å². The van der Waals surface area contributed by atoms with Gasteiger partial charge in [0.2, 0.25) is 0 Å². The van der Waals surface area contributed by atoms with E-state index in [0.717, 1.165) is 25.5 Å². The maximum absolute atomic E-state index is 4.64. The van der Waals surface area contributed by atoms with Crippen LogP contribution in [0.3, 0.4) is 0 Å². The molecular weight excluding hydrogens is 232 g/mol. The molecule has 2 nitrogen and oxygen atoms in total. The van der Waals surface area contributed by atoms with E-state index in [9.17, 15) is 0 Å². The lowest BCUT2D eigenvalue weighted by Gasteiger charge is -2.20. The Morgan fingerprint density at radius 2 is 1.74 bits per heavy atom. The minimum atomic E-state index is 0.899. The zero-order chi connectivity index (χ0) is 13.1. The van der Waals surface area contributed by atoms with Crippen LogP contribution in [0.2, 0.25) is 0 Å². The molecular formula is C17H18N2. The van der Waals surface area contributed by atoms with Gasteiger partial charge in [0.25, 0.3) is 0 Å². The zero-order valence-corrected chi connectivity index (χ0v) is 11.2. The molecule has 2 aromatic carbocycles. The molecule has 0 atom stereocenters. The SMILES string of the molecule is Cc1ccc(CN2CCN=C2c2ccccc2)cc1. The highest BCUT2D eigenvalue weighted by atomic mass is 15.2. The van der Waals surface area contributed by atoms with Crippen molar-refractivity contribution in [1.82, 2.24) is 4.90 Å². The molecule has 96 valence electrons. The quantitative estimate of drug-likeness (QED) is 0.816. The maximum Gasteiger partial charge on any atom is 0.131 e. The van der Waals surface area contributed by atoms with Crippen LogP contribution in [0.25, 0.3) is 0 Å². The molecule has 2 aromatic rings. The molecule has 19 heavy (non-hydrogen) atoms. The summed E-state index contributed by atoms with van der Waals surface area (Å²) >= 11 is 0. The van der Waals surface area contributed by atoms with E-state index in [0.29, 0.717) is 0 Å². The molecule has 3 rings (SSSR count). The van der Waals surface area contributed by atoms with Crippen LogP contribution in [0.1, 0.15) is 16.7 Å². The van der Waals surface area contributed by atoms with Crippen molar-refractivity contribution in [2.75, 3.05) is 13.1 Å². The smallest absolute Gasteiger partial charge is 0.131 e. The second kappa shape index (κ2) is 5.27. The number of hydrogen-bond acceptors (Lipinski definition) is 2. The second-order valence-electron chi connectivity index (χ2n) is 4.98. The van der Waals surface area contributed by atoms with E-state index in [1.54, 1.807) is 0 Å². The highest BCUT2D eigenvalue weighted by Crippen LogP contribution is 2.15. The Morgan fingerprint density at radius 1 is 1.00 bits per heavy atom. The summed E-state index contributed by atoms with van der Waals surface area (Å²) in [6.07, 6.45) is 0. The van der Waals surface area contributed by atoms with Gasteiger partial charge in [0.1, 0.15) is 5.84 Å². The van der Waals surface area contributed by atoms with E-state index >= 15 is 0 Å². The van der Waals surface area contributed by atoms with Crippen LogP contribution in [0.5, 0.6) is 0 Å². The number of benzene rings is 2. The molecule has 0 N–H and O–H groups in total. The van der Waals surface area contributed by atoms with Crippen LogP contribution < -0.4 is 0 Å². The number of rotatable bonds is 3. The molecule has 1 aliphatic heterocycles. The molecule has 0 bridgehead atoms. The van der Waals surface area contributed by atoms with Gasteiger partial charge in [0, 0.05) is 18.7 Å². The first-order valence-corrected chi connectivity index (χ1v) is 6.73. The highest BCUT2D eigenvalue weighted by molar-refractivity contribution is 5.99. The monoisotopic (exact) mass is 250 g/mol. The average molecular weight is 250 g/mol. The minimum absolute atomic E-state index is 0.899. The molecule has 0 radical (unpaired) electrons. The summed E-state index contributed by atoms with van der Waals surface area (Å²) in [4.78, 5) is 7.00. The number of amidine groups is 1. The summed E-state index contributed by atoms with van der Waals surface area (Å²) < 4.78 is 0. The van der Waals surface area contributed by atoms with Crippen molar-refractivity contribution in [3.8, 4) is 0 Å². The predicted molar refractivity (Wildman–Crippen MR) is 79.4 cm³/mol. The maximum atomic E-state index is 4.64. The van der Waals surface area contributed by atoms with E-state index in [-0.39, 0.29) is 0 Å². The molecule has 0 aromatic heterocycles. The predicted octanol–water partition coefficient (Wildman–Crippen LogP) is 3.26. The molecule has 0 amide bonds. The van der Waals surface area contributed by atoms with Crippen molar-refractivity contribution >= 4 is 5.84 Å². The van der Waals surface area contributed by atoms with Crippen LogP contribution in [0, 0.1) is 6.92 Å². The largest absolute Gasteiger partial charge is 0.350 e. The summed E-state index contributed by atoms with van der Waals surface area (Å²) in [5.74, 6) is 1.13. The van der Waals surface area contributed by atoms with E-state index in [2.05, 4.69) is 65.3 Å². The van der Waals surface area contributed by atoms with Gasteiger partial charge in [0.05, 0.1) is 6.54 Å². The molecule has 0 saturated carbocycles. The van der Waals surface area contributed by atoms with Crippen LogP contribution >= 0.6 is 0 Å². The molecule has 1 heterocycles. The van der Waals surface area contributed by atoms with Crippen molar-refractivity contribution in [1.29, 1.82) is 0 Å². The Balaban J connectivity index is 1.78. The van der Waals surface area contributed by atoms with Crippen molar-refractivity contribution in [3.63, 3.8) is 0 Å². The molecule has 0 saturated heterocycles. The van der Waals surface area contributed by atoms with E-state index < -0.39 is 0 Å². The molecule has 0 spiro atoms. The topological polar surface area (TPSA) is 15.6 Å². The average Bonchev–Trinajstić information content (AvgIpc) is 2.90. The number of aryl methyl sites for hydroxylation is 1. The lowest BCUT2D eigenvalue weighted by molar-refractivity contribution is 0.453. The van der Waals surface area contributed by atoms with Gasteiger partial charge < -0.3 is 4.90 Å². The first kappa shape index (κ1) is 12.0. The molecule has 1 aliphatic rings. The Kier molecular flexibility index (Phi) is 3.32. The van der Waals surface area contributed by atoms with Crippen molar-refractivity contribution in [2.45, 2.75) is 13.5 Å². The van der Waals surface area contributed by atoms with Gasteiger partial charge in [-0.05, 0) is 12.5 Å². The van der Waals surface area contributed by atoms with Gasteiger partial charge in [-0.2, -0.15) is 0 Å². The summed E-state index contributed by atoms with van der Waals surface area (Å²) in [6.45, 7) is 4.97. The highest BCUT2D eigenvalue weighted by Gasteiger charge is 2.18.